The molecule has 1 aromatic carbocycles. The molecule has 0 saturated carbocycles. The Labute approximate surface area is 114 Å². The lowest BCUT2D eigenvalue weighted by molar-refractivity contribution is -0.384. The Morgan fingerprint density at radius 3 is 2.70 bits per heavy atom. The molecule has 20 heavy (non-hydrogen) atoms. The fraction of sp³-hybridized carbons (Fsp3) is 0.333. The standard InChI is InChI=1S/C12H14N2O6/c1-8(15)13-11(12(16)19-2)7-20-10-5-3-4-9(6-10)14(17)18/h3-6,11H,7H2,1-2H3,(H,13,15). The summed E-state index contributed by atoms with van der Waals surface area (Å²) in [4.78, 5) is 32.4. The molecule has 108 valence electrons. The van der Waals surface area contributed by atoms with E-state index >= 15 is 0 Å². The van der Waals surface area contributed by atoms with Crippen LogP contribution >= 0.6 is 0 Å². The van der Waals surface area contributed by atoms with Crippen molar-refractivity contribution in [2.75, 3.05) is 13.7 Å². The molecule has 0 aromatic heterocycles. The first-order chi connectivity index (χ1) is 9.43. The molecule has 0 heterocycles. The minimum atomic E-state index is -0.975. The highest BCUT2D eigenvalue weighted by Crippen LogP contribution is 2.19. The zero-order valence-corrected chi connectivity index (χ0v) is 11.0. The van der Waals surface area contributed by atoms with E-state index in [1.807, 2.05) is 0 Å². The number of amides is 1. The lowest BCUT2D eigenvalue weighted by Crippen LogP contribution is -2.44. The van der Waals surface area contributed by atoms with E-state index in [4.69, 9.17) is 4.74 Å². The van der Waals surface area contributed by atoms with Crippen molar-refractivity contribution in [3.8, 4) is 5.75 Å². The van der Waals surface area contributed by atoms with Crippen molar-refractivity contribution in [2.45, 2.75) is 13.0 Å². The van der Waals surface area contributed by atoms with E-state index < -0.39 is 22.8 Å². The number of nitrogens with zero attached hydrogens (tertiary/aromatic N) is 1. The van der Waals surface area contributed by atoms with Gasteiger partial charge in [-0.15, -0.1) is 0 Å². The summed E-state index contributed by atoms with van der Waals surface area (Å²) in [7, 11) is 1.19. The van der Waals surface area contributed by atoms with Gasteiger partial charge in [0, 0.05) is 13.0 Å². The van der Waals surface area contributed by atoms with Gasteiger partial charge >= 0.3 is 5.97 Å². The molecule has 1 aromatic rings. The van der Waals surface area contributed by atoms with Crippen LogP contribution in [0.15, 0.2) is 24.3 Å². The Balaban J connectivity index is 2.71. The largest absolute Gasteiger partial charge is 0.491 e. The first kappa shape index (κ1) is 15.4. The summed E-state index contributed by atoms with van der Waals surface area (Å²) in [5.74, 6) is -0.855. The molecule has 0 bridgehead atoms. The van der Waals surface area contributed by atoms with Gasteiger partial charge in [0.1, 0.15) is 12.4 Å². The SMILES string of the molecule is COC(=O)C(COc1cccc([N+](=O)[O-])c1)NC(C)=O. The minimum Gasteiger partial charge on any atom is -0.491 e. The molecule has 1 amide bonds. The van der Waals surface area contributed by atoms with Gasteiger partial charge in [0.2, 0.25) is 5.91 Å². The third-order valence-electron chi connectivity index (χ3n) is 2.31. The van der Waals surface area contributed by atoms with E-state index in [2.05, 4.69) is 10.1 Å². The number of methoxy groups -OCH3 is 1. The molecule has 0 saturated heterocycles. The topological polar surface area (TPSA) is 108 Å². The summed E-state index contributed by atoms with van der Waals surface area (Å²) in [5.41, 5.74) is -0.128. The normalized spacial score (nSPS) is 11.3. The number of rotatable bonds is 6. The van der Waals surface area contributed by atoms with Crippen LogP contribution < -0.4 is 10.1 Å². The molecule has 0 aliphatic carbocycles. The van der Waals surface area contributed by atoms with Crippen molar-refractivity contribution in [3.05, 3.63) is 34.4 Å². The average molecular weight is 282 g/mol. The minimum absolute atomic E-state index is 0.128. The molecule has 8 heteroatoms. The van der Waals surface area contributed by atoms with Crippen LogP contribution in [0.4, 0.5) is 5.69 Å². The van der Waals surface area contributed by atoms with E-state index in [0.29, 0.717) is 0 Å². The van der Waals surface area contributed by atoms with Gasteiger partial charge in [0.05, 0.1) is 18.1 Å². The van der Waals surface area contributed by atoms with Gasteiger partial charge in [-0.1, -0.05) is 6.07 Å². The number of ether oxygens (including phenoxy) is 2. The quantitative estimate of drug-likeness (QED) is 0.466. The van der Waals surface area contributed by atoms with Crippen molar-refractivity contribution in [3.63, 3.8) is 0 Å². The number of hydrogen-bond acceptors (Lipinski definition) is 6. The number of esters is 1. The second-order valence-electron chi connectivity index (χ2n) is 3.84. The number of nitrogens with one attached hydrogen (secondary N) is 1. The van der Waals surface area contributed by atoms with Crippen molar-refractivity contribution >= 4 is 17.6 Å². The molecule has 1 atom stereocenters. The van der Waals surface area contributed by atoms with Crippen LogP contribution in [0.5, 0.6) is 5.75 Å². The number of nitro benzene ring substituents is 1. The van der Waals surface area contributed by atoms with Crippen LogP contribution in [-0.4, -0.2) is 36.6 Å². The first-order valence-electron chi connectivity index (χ1n) is 5.66. The number of benzene rings is 1. The van der Waals surface area contributed by atoms with Gasteiger partial charge in [-0.05, 0) is 6.07 Å². The Kier molecular flexibility index (Phi) is 5.45. The van der Waals surface area contributed by atoms with Crippen LogP contribution in [-0.2, 0) is 14.3 Å². The van der Waals surface area contributed by atoms with Gasteiger partial charge in [-0.3, -0.25) is 14.9 Å². The molecular formula is C12H14N2O6. The molecule has 0 aliphatic rings. The molecule has 1 unspecified atom stereocenters. The van der Waals surface area contributed by atoms with Crippen LogP contribution in [0.25, 0.3) is 0 Å². The fourth-order valence-electron chi connectivity index (χ4n) is 1.42. The van der Waals surface area contributed by atoms with Crippen molar-refractivity contribution < 1.29 is 24.0 Å². The van der Waals surface area contributed by atoms with Crippen molar-refractivity contribution in [1.82, 2.24) is 5.32 Å². The summed E-state index contributed by atoms with van der Waals surface area (Å²) >= 11 is 0. The van der Waals surface area contributed by atoms with E-state index in [-0.39, 0.29) is 18.0 Å². The smallest absolute Gasteiger partial charge is 0.331 e. The summed E-state index contributed by atoms with van der Waals surface area (Å²) in [6.45, 7) is 1.07. The maximum Gasteiger partial charge on any atom is 0.331 e. The maximum absolute atomic E-state index is 11.4. The van der Waals surface area contributed by atoms with Crippen molar-refractivity contribution in [2.24, 2.45) is 0 Å². The predicted octanol–water partition coefficient (Wildman–Crippen LogP) is 0.651. The van der Waals surface area contributed by atoms with E-state index in [9.17, 15) is 19.7 Å². The van der Waals surface area contributed by atoms with Crippen LogP contribution in [0.3, 0.4) is 0 Å². The van der Waals surface area contributed by atoms with E-state index in [1.165, 1.54) is 38.3 Å². The number of non-ortho nitro benzene ring substituents is 1. The highest BCUT2D eigenvalue weighted by molar-refractivity contribution is 5.83. The summed E-state index contributed by atoms with van der Waals surface area (Å²) in [6.07, 6.45) is 0. The zero-order valence-electron chi connectivity index (χ0n) is 11.0. The van der Waals surface area contributed by atoms with Gasteiger partial charge < -0.3 is 14.8 Å². The zero-order chi connectivity index (χ0) is 15.1. The third kappa shape index (κ3) is 4.56. The molecule has 0 radical (unpaired) electrons. The van der Waals surface area contributed by atoms with Gasteiger partial charge in [-0.25, -0.2) is 4.79 Å². The van der Waals surface area contributed by atoms with E-state index in [1.54, 1.807) is 0 Å². The Hall–Kier alpha value is -2.64. The van der Waals surface area contributed by atoms with Gasteiger partial charge in [0.15, 0.2) is 6.04 Å². The molecule has 0 spiro atoms. The second-order valence-corrected chi connectivity index (χ2v) is 3.84. The average Bonchev–Trinajstić information content (AvgIpc) is 2.42. The first-order valence-corrected chi connectivity index (χ1v) is 5.66. The summed E-state index contributed by atoms with van der Waals surface area (Å²) < 4.78 is 9.78. The monoisotopic (exact) mass is 282 g/mol. The number of hydrogen-bond donors (Lipinski definition) is 1. The lowest BCUT2D eigenvalue weighted by atomic mass is 10.3. The van der Waals surface area contributed by atoms with E-state index in [0.717, 1.165) is 0 Å². The van der Waals surface area contributed by atoms with Gasteiger partial charge in [-0.2, -0.15) is 0 Å². The van der Waals surface area contributed by atoms with Gasteiger partial charge in [0.25, 0.3) is 5.69 Å². The molecular weight excluding hydrogens is 268 g/mol. The summed E-state index contributed by atoms with van der Waals surface area (Å²) in [6, 6.07) is 4.53. The molecule has 1 N–H and O–H groups in total. The molecule has 8 nitrogen and oxygen atoms in total. The number of carbonyl (C=O) groups excluding carboxylic acids is 2. The Morgan fingerprint density at radius 2 is 2.15 bits per heavy atom. The molecule has 0 fully saturated rings. The number of nitro groups is 1. The van der Waals surface area contributed by atoms with Crippen LogP contribution in [0, 0.1) is 10.1 Å². The lowest BCUT2D eigenvalue weighted by Gasteiger charge is -2.16. The second kappa shape index (κ2) is 7.07. The predicted molar refractivity (Wildman–Crippen MR) is 68.2 cm³/mol. The highest BCUT2D eigenvalue weighted by Gasteiger charge is 2.21. The number of carbonyl (C=O) groups is 2. The molecule has 1 rings (SSSR count). The highest BCUT2D eigenvalue weighted by atomic mass is 16.6. The molecule has 0 aliphatic heterocycles. The van der Waals surface area contributed by atoms with Crippen LogP contribution in [0.1, 0.15) is 6.92 Å². The van der Waals surface area contributed by atoms with Crippen molar-refractivity contribution in [1.29, 1.82) is 0 Å². The maximum atomic E-state index is 11.4. The summed E-state index contributed by atoms with van der Waals surface area (Å²) in [5, 5.41) is 13.0. The Bertz CT molecular complexity index is 516. The Morgan fingerprint density at radius 1 is 1.45 bits per heavy atom. The fourth-order valence-corrected chi connectivity index (χ4v) is 1.42. The van der Waals surface area contributed by atoms with Crippen LogP contribution in [0.2, 0.25) is 0 Å². The third-order valence-corrected chi connectivity index (χ3v) is 2.31.